The summed E-state index contributed by atoms with van der Waals surface area (Å²) in [5, 5.41) is 21.0. The van der Waals surface area contributed by atoms with Crippen LogP contribution in [0.1, 0.15) is 70.2 Å². The van der Waals surface area contributed by atoms with Crippen molar-refractivity contribution in [3.8, 4) is 22.3 Å². The van der Waals surface area contributed by atoms with Crippen LogP contribution in [0, 0.1) is 0 Å². The fraction of sp³-hybridized carbons (Fsp3) is 0.184. The minimum atomic E-state index is 0. The molecule has 2 unspecified atom stereocenters. The second-order valence-corrected chi connectivity index (χ2v) is 12.9. The zero-order chi connectivity index (χ0) is 37.7. The maximum Gasteiger partial charge on any atom is 0.0724 e. The van der Waals surface area contributed by atoms with Crippen LogP contribution in [-0.2, 0) is 43.8 Å². The summed E-state index contributed by atoms with van der Waals surface area (Å²) < 4.78 is 6.60. The van der Waals surface area contributed by atoms with Crippen LogP contribution in [0.15, 0.2) is 157 Å². The first kappa shape index (κ1) is 42.3. The van der Waals surface area contributed by atoms with E-state index in [0.717, 1.165) is 21.3 Å². The monoisotopic (exact) mass is 882 g/mol. The Morgan fingerprint density at radius 2 is 0.741 bits per heavy atom. The molecule has 0 heterocycles. The molecule has 0 aliphatic heterocycles. The number of aliphatic hydroxyl groups is 3. The zero-order valence-electron chi connectivity index (χ0n) is 31.8. The molecule has 5 heteroatoms. The van der Waals surface area contributed by atoms with E-state index in [9.17, 15) is 0 Å². The van der Waals surface area contributed by atoms with E-state index < -0.39 is 0 Å². The SMILES string of the molecule is CC1=Cc2c(-c3ccccc3)cccc2C1c1ccccc1COCc1ccccc1C1C(C)=Cc2c(-c3ccccc3)cccc21.CO.CO.CO.[Hf]. The number of hydrogen-bond donors (Lipinski definition) is 3. The van der Waals surface area contributed by atoms with Gasteiger partial charge in [0, 0.05) is 59.0 Å². The molecular formula is C49H50HfO4. The molecule has 2 atom stereocenters. The van der Waals surface area contributed by atoms with Crippen molar-refractivity contribution in [3.05, 3.63) is 201 Å². The molecule has 0 spiro atoms. The van der Waals surface area contributed by atoms with E-state index in [0.29, 0.717) is 13.2 Å². The predicted molar refractivity (Wildman–Crippen MR) is 221 cm³/mol. The molecule has 0 bridgehead atoms. The number of aliphatic hydroxyl groups excluding tert-OH is 3. The van der Waals surface area contributed by atoms with Gasteiger partial charge in [-0.05, 0) is 80.6 Å². The normalized spacial score (nSPS) is 14.6. The maximum absolute atomic E-state index is 7.00. The Balaban J connectivity index is 0.000000886. The van der Waals surface area contributed by atoms with Crippen molar-refractivity contribution in [2.45, 2.75) is 38.9 Å². The first-order valence-electron chi connectivity index (χ1n) is 18.0. The van der Waals surface area contributed by atoms with Crippen molar-refractivity contribution in [2.75, 3.05) is 21.3 Å². The van der Waals surface area contributed by atoms with Crippen molar-refractivity contribution >= 4 is 12.2 Å². The fourth-order valence-corrected chi connectivity index (χ4v) is 7.83. The Hall–Kier alpha value is -4.49. The molecule has 0 radical (unpaired) electrons. The summed E-state index contributed by atoms with van der Waals surface area (Å²) in [6.45, 7) is 5.67. The number of hydrogen-bond acceptors (Lipinski definition) is 4. The standard InChI is InChI=1S/C46H38O.3CH4O.Hf/c1-31-27-43-37(33-15-5-3-6-16-33)23-13-25-41(43)45(31)39-21-11-9-19-35(39)29-47-30-36-20-10-12-22-40(36)46-32(2)28-44-38(24-14-26-42(44)46)34-17-7-4-8-18-34;3*1-2;/h3-28,45-46H,29-30H2,1-2H3;3*2H,1H3;. The summed E-state index contributed by atoms with van der Waals surface area (Å²) in [6, 6.07) is 52.6. The molecule has 0 amide bonds. The van der Waals surface area contributed by atoms with Gasteiger partial charge in [0.2, 0.25) is 0 Å². The molecule has 274 valence electrons. The fourth-order valence-electron chi connectivity index (χ4n) is 7.83. The van der Waals surface area contributed by atoms with Gasteiger partial charge in [-0.15, -0.1) is 0 Å². The van der Waals surface area contributed by atoms with Crippen molar-refractivity contribution < 1.29 is 45.9 Å². The first-order chi connectivity index (χ1) is 26.2. The molecular weight excluding hydrogens is 831 g/mol. The maximum atomic E-state index is 7.00. The second-order valence-electron chi connectivity index (χ2n) is 12.9. The molecule has 4 nitrogen and oxygen atoms in total. The Kier molecular flexibility index (Phi) is 16.3. The molecule has 6 aromatic carbocycles. The Morgan fingerprint density at radius 1 is 0.407 bits per heavy atom. The number of allylic oxidation sites excluding steroid dienone is 2. The molecule has 0 saturated heterocycles. The molecule has 3 N–H and O–H groups in total. The summed E-state index contributed by atoms with van der Waals surface area (Å²) in [7, 11) is 3.00. The van der Waals surface area contributed by atoms with Crippen LogP contribution >= 0.6 is 0 Å². The van der Waals surface area contributed by atoms with Crippen LogP contribution in [-0.4, -0.2) is 36.6 Å². The van der Waals surface area contributed by atoms with Gasteiger partial charge in [-0.2, -0.15) is 0 Å². The van der Waals surface area contributed by atoms with Gasteiger partial charge < -0.3 is 20.1 Å². The zero-order valence-corrected chi connectivity index (χ0v) is 35.4. The quantitative estimate of drug-likeness (QED) is 0.133. The molecule has 2 aliphatic carbocycles. The van der Waals surface area contributed by atoms with Gasteiger partial charge in [0.15, 0.2) is 0 Å². The van der Waals surface area contributed by atoms with Gasteiger partial charge in [0.05, 0.1) is 13.2 Å². The summed E-state index contributed by atoms with van der Waals surface area (Å²) in [6.07, 6.45) is 4.77. The molecule has 0 fully saturated rings. The van der Waals surface area contributed by atoms with Gasteiger partial charge in [-0.25, -0.2) is 0 Å². The van der Waals surface area contributed by atoms with Crippen LogP contribution in [0.3, 0.4) is 0 Å². The summed E-state index contributed by atoms with van der Waals surface area (Å²) >= 11 is 0. The van der Waals surface area contributed by atoms with Crippen LogP contribution in [0.5, 0.6) is 0 Å². The van der Waals surface area contributed by atoms with E-state index in [1.165, 1.54) is 77.9 Å². The van der Waals surface area contributed by atoms with E-state index in [1.54, 1.807) is 0 Å². The third kappa shape index (κ3) is 8.89. The minimum absolute atomic E-state index is 0. The van der Waals surface area contributed by atoms with Crippen molar-refractivity contribution in [1.82, 2.24) is 0 Å². The summed E-state index contributed by atoms with van der Waals surface area (Å²) in [4.78, 5) is 0. The number of fused-ring (bicyclic) bond motifs is 2. The molecule has 0 saturated carbocycles. The molecule has 2 aliphatic rings. The Labute approximate surface area is 339 Å². The van der Waals surface area contributed by atoms with Crippen LogP contribution in [0.2, 0.25) is 0 Å². The van der Waals surface area contributed by atoms with Crippen LogP contribution < -0.4 is 0 Å². The average Bonchev–Trinajstić information content (AvgIpc) is 3.76. The van der Waals surface area contributed by atoms with Gasteiger partial charge >= 0.3 is 0 Å². The van der Waals surface area contributed by atoms with Gasteiger partial charge in [0.1, 0.15) is 0 Å². The minimum Gasteiger partial charge on any atom is -0.400 e. The van der Waals surface area contributed by atoms with Crippen molar-refractivity contribution in [2.24, 2.45) is 0 Å². The van der Waals surface area contributed by atoms with Crippen molar-refractivity contribution in [1.29, 1.82) is 0 Å². The largest absolute Gasteiger partial charge is 0.400 e. The van der Waals surface area contributed by atoms with Gasteiger partial charge in [-0.1, -0.05) is 169 Å². The first-order valence-corrected chi connectivity index (χ1v) is 18.0. The molecule has 6 aromatic rings. The molecule has 0 aromatic heterocycles. The smallest absolute Gasteiger partial charge is 0.0724 e. The molecule has 8 rings (SSSR count). The number of ether oxygens (including phenoxy) is 1. The summed E-state index contributed by atoms with van der Waals surface area (Å²) in [5.74, 6) is 0.449. The second kappa shape index (κ2) is 20.8. The predicted octanol–water partition coefficient (Wildman–Crippen LogP) is 10.7. The Bertz CT molecular complexity index is 2000. The molecule has 54 heavy (non-hydrogen) atoms. The third-order valence-electron chi connectivity index (χ3n) is 9.97. The van der Waals surface area contributed by atoms with E-state index >= 15 is 0 Å². The Morgan fingerprint density at radius 3 is 1.13 bits per heavy atom. The van der Waals surface area contributed by atoms with Crippen molar-refractivity contribution in [3.63, 3.8) is 0 Å². The number of benzene rings is 6. The number of rotatable bonds is 8. The summed E-state index contributed by atoms with van der Waals surface area (Å²) in [5.41, 5.74) is 18.4. The van der Waals surface area contributed by atoms with E-state index in [2.05, 4.69) is 172 Å². The van der Waals surface area contributed by atoms with E-state index in [4.69, 9.17) is 20.1 Å². The van der Waals surface area contributed by atoms with Gasteiger partial charge in [-0.3, -0.25) is 0 Å². The average molecular weight is 881 g/mol. The third-order valence-corrected chi connectivity index (χ3v) is 9.97. The van der Waals surface area contributed by atoms with Crippen LogP contribution in [0.4, 0.5) is 0 Å². The van der Waals surface area contributed by atoms with Gasteiger partial charge in [0.25, 0.3) is 0 Å². The van der Waals surface area contributed by atoms with Crippen LogP contribution in [0.25, 0.3) is 34.4 Å². The van der Waals surface area contributed by atoms with E-state index in [-0.39, 0.29) is 37.7 Å². The van der Waals surface area contributed by atoms with E-state index in [1.807, 2.05) is 0 Å². The topological polar surface area (TPSA) is 69.9 Å².